The first kappa shape index (κ1) is 61.5. The molecule has 63 heavy (non-hydrogen) atoms. The SMILES string of the molecule is CCCCCCCCCCC/C=C/C/C=C/CCCC(=O)OC[C@H](COP(=O)(O)OC[C@@H](O)CO)OC(=O)CCCCCCCCCCCCCCCCCCCCCCCCC. The lowest BCUT2D eigenvalue weighted by molar-refractivity contribution is -0.161. The van der Waals surface area contributed by atoms with Gasteiger partial charge in [-0.25, -0.2) is 4.57 Å². The highest BCUT2D eigenvalue weighted by Crippen LogP contribution is 2.43. The lowest BCUT2D eigenvalue weighted by atomic mass is 10.0. The fourth-order valence-electron chi connectivity index (χ4n) is 7.57. The summed E-state index contributed by atoms with van der Waals surface area (Å²) in [5.41, 5.74) is 0. The molecular formula is C52H99O10P. The zero-order valence-corrected chi connectivity index (χ0v) is 41.7. The zero-order chi connectivity index (χ0) is 46.2. The Hall–Kier alpha value is -1.55. The first-order valence-corrected chi connectivity index (χ1v) is 27.8. The van der Waals surface area contributed by atoms with Gasteiger partial charge >= 0.3 is 19.8 Å². The van der Waals surface area contributed by atoms with E-state index in [9.17, 15) is 24.2 Å². The van der Waals surface area contributed by atoms with Crippen LogP contribution < -0.4 is 0 Å². The molecule has 0 aromatic heterocycles. The van der Waals surface area contributed by atoms with Gasteiger partial charge in [0.2, 0.25) is 0 Å². The van der Waals surface area contributed by atoms with Gasteiger partial charge in [0, 0.05) is 12.8 Å². The van der Waals surface area contributed by atoms with Gasteiger partial charge in [0.25, 0.3) is 0 Å². The standard InChI is InChI=1S/C52H99O10P/c1-3-5-7-9-11-13-15-17-19-21-22-23-24-25-26-28-30-32-34-36-38-40-42-44-52(56)62-50(48-61-63(57,58)60-46-49(54)45-53)47-59-51(55)43-41-39-37-35-33-31-29-27-20-18-16-14-12-10-8-6-4-2/h29,31,35,37,49-50,53-54H,3-28,30,32-34,36,38-48H2,1-2H3,(H,57,58)/b31-29+,37-35+/t49-,50+/m0/s1. The summed E-state index contributed by atoms with van der Waals surface area (Å²) in [4.78, 5) is 35.1. The van der Waals surface area contributed by atoms with Crippen molar-refractivity contribution in [2.24, 2.45) is 0 Å². The summed E-state index contributed by atoms with van der Waals surface area (Å²) in [6.45, 7) is 2.39. The fourth-order valence-corrected chi connectivity index (χ4v) is 8.35. The number of rotatable bonds is 50. The third-order valence-corrected chi connectivity index (χ3v) is 12.6. The molecule has 3 N–H and O–H groups in total. The van der Waals surface area contributed by atoms with Gasteiger partial charge in [0.1, 0.15) is 12.7 Å². The van der Waals surface area contributed by atoms with Crippen LogP contribution in [0.2, 0.25) is 0 Å². The third-order valence-electron chi connectivity index (χ3n) is 11.6. The molecule has 0 aliphatic carbocycles. The molecule has 0 amide bonds. The molecule has 11 heteroatoms. The fraction of sp³-hybridized carbons (Fsp3) is 0.885. The minimum atomic E-state index is -4.63. The number of ether oxygens (including phenoxy) is 2. The molecule has 0 aromatic rings. The molecule has 0 rings (SSSR count). The van der Waals surface area contributed by atoms with Crippen LogP contribution in [0.5, 0.6) is 0 Å². The number of phosphoric acid groups is 1. The second kappa shape index (κ2) is 48.4. The number of allylic oxidation sites excluding steroid dienone is 4. The number of phosphoric ester groups is 1. The van der Waals surface area contributed by atoms with E-state index in [4.69, 9.17) is 23.6 Å². The highest BCUT2D eigenvalue weighted by molar-refractivity contribution is 7.47. The van der Waals surface area contributed by atoms with Crippen molar-refractivity contribution in [3.63, 3.8) is 0 Å². The van der Waals surface area contributed by atoms with Crippen molar-refractivity contribution in [3.8, 4) is 0 Å². The van der Waals surface area contributed by atoms with E-state index in [0.29, 0.717) is 12.8 Å². The molecule has 0 radical (unpaired) electrons. The van der Waals surface area contributed by atoms with Gasteiger partial charge in [-0.15, -0.1) is 0 Å². The van der Waals surface area contributed by atoms with Crippen LogP contribution in [0.3, 0.4) is 0 Å². The van der Waals surface area contributed by atoms with Crippen molar-refractivity contribution < 1.29 is 47.8 Å². The first-order valence-electron chi connectivity index (χ1n) is 26.3. The summed E-state index contributed by atoms with van der Waals surface area (Å²) in [7, 11) is -4.63. The third kappa shape index (κ3) is 48.2. The predicted octanol–water partition coefficient (Wildman–Crippen LogP) is 14.9. The summed E-state index contributed by atoms with van der Waals surface area (Å²) < 4.78 is 32.8. The zero-order valence-electron chi connectivity index (χ0n) is 40.8. The number of esters is 2. The van der Waals surface area contributed by atoms with Gasteiger partial charge in [-0.1, -0.05) is 231 Å². The van der Waals surface area contributed by atoms with Crippen LogP contribution in [0.1, 0.15) is 258 Å². The molecule has 10 nitrogen and oxygen atoms in total. The van der Waals surface area contributed by atoms with Crippen LogP contribution in [0.25, 0.3) is 0 Å². The molecule has 0 aliphatic rings. The number of aliphatic hydroxyl groups excluding tert-OH is 2. The van der Waals surface area contributed by atoms with E-state index >= 15 is 0 Å². The molecule has 0 aromatic carbocycles. The smallest absolute Gasteiger partial charge is 0.462 e. The van der Waals surface area contributed by atoms with Gasteiger partial charge in [0.15, 0.2) is 6.10 Å². The number of aliphatic hydroxyl groups is 2. The molecule has 3 atom stereocenters. The molecule has 0 aliphatic heterocycles. The molecule has 1 unspecified atom stereocenters. The van der Waals surface area contributed by atoms with E-state index in [2.05, 4.69) is 38.2 Å². The second-order valence-electron chi connectivity index (χ2n) is 17.9. The molecule has 0 saturated heterocycles. The Morgan fingerprint density at radius 2 is 0.841 bits per heavy atom. The van der Waals surface area contributed by atoms with Crippen molar-refractivity contribution >= 4 is 19.8 Å². The topological polar surface area (TPSA) is 149 Å². The lowest BCUT2D eigenvalue weighted by Gasteiger charge is -2.20. The molecule has 0 bridgehead atoms. The Morgan fingerprint density at radius 1 is 0.476 bits per heavy atom. The normalized spacial score (nSPS) is 13.8. The molecule has 0 heterocycles. The van der Waals surface area contributed by atoms with Gasteiger partial charge in [0.05, 0.1) is 19.8 Å². The Kier molecular flexibility index (Phi) is 47.2. The highest BCUT2D eigenvalue weighted by Gasteiger charge is 2.27. The first-order chi connectivity index (χ1) is 30.7. The number of hydrogen-bond acceptors (Lipinski definition) is 9. The van der Waals surface area contributed by atoms with Gasteiger partial charge in [-0.3, -0.25) is 18.6 Å². The number of carbonyl (C=O) groups excluding carboxylic acids is 2. The van der Waals surface area contributed by atoms with Crippen LogP contribution in [0.15, 0.2) is 24.3 Å². The highest BCUT2D eigenvalue weighted by atomic mass is 31.2. The van der Waals surface area contributed by atoms with Crippen LogP contribution in [-0.2, 0) is 32.7 Å². The quantitative estimate of drug-likeness (QED) is 0.0233. The average Bonchev–Trinajstić information content (AvgIpc) is 3.27. The van der Waals surface area contributed by atoms with Crippen LogP contribution >= 0.6 is 7.82 Å². The van der Waals surface area contributed by atoms with Crippen molar-refractivity contribution in [2.45, 2.75) is 270 Å². The molecule has 0 spiro atoms. The number of hydrogen-bond donors (Lipinski definition) is 3. The maximum Gasteiger partial charge on any atom is 0.472 e. The molecule has 0 saturated carbocycles. The minimum Gasteiger partial charge on any atom is -0.462 e. The summed E-state index contributed by atoms with van der Waals surface area (Å²) >= 11 is 0. The van der Waals surface area contributed by atoms with E-state index in [1.807, 2.05) is 0 Å². The molecule has 0 fully saturated rings. The summed E-state index contributed by atoms with van der Waals surface area (Å²) in [6, 6.07) is 0. The lowest BCUT2D eigenvalue weighted by Crippen LogP contribution is -2.29. The Morgan fingerprint density at radius 3 is 1.27 bits per heavy atom. The van der Waals surface area contributed by atoms with Gasteiger partial charge in [-0.2, -0.15) is 0 Å². The largest absolute Gasteiger partial charge is 0.472 e. The second-order valence-corrected chi connectivity index (χ2v) is 19.4. The van der Waals surface area contributed by atoms with Crippen molar-refractivity contribution in [2.75, 3.05) is 26.4 Å². The van der Waals surface area contributed by atoms with Gasteiger partial charge < -0.3 is 24.6 Å². The minimum absolute atomic E-state index is 0.181. The van der Waals surface area contributed by atoms with E-state index in [1.165, 1.54) is 180 Å². The van der Waals surface area contributed by atoms with Crippen molar-refractivity contribution in [1.29, 1.82) is 0 Å². The monoisotopic (exact) mass is 915 g/mol. The van der Waals surface area contributed by atoms with Crippen LogP contribution in [-0.4, -0.2) is 65.7 Å². The van der Waals surface area contributed by atoms with Gasteiger partial charge in [-0.05, 0) is 38.5 Å². The predicted molar refractivity (Wildman–Crippen MR) is 261 cm³/mol. The number of unbranched alkanes of at least 4 members (excludes halogenated alkanes) is 32. The van der Waals surface area contributed by atoms with Crippen molar-refractivity contribution in [3.05, 3.63) is 24.3 Å². The van der Waals surface area contributed by atoms with E-state index in [1.54, 1.807) is 0 Å². The average molecular weight is 915 g/mol. The van der Waals surface area contributed by atoms with Crippen molar-refractivity contribution in [1.82, 2.24) is 0 Å². The van der Waals surface area contributed by atoms with E-state index < -0.39 is 51.8 Å². The van der Waals surface area contributed by atoms with E-state index in [-0.39, 0.29) is 19.4 Å². The van der Waals surface area contributed by atoms with Crippen LogP contribution in [0.4, 0.5) is 0 Å². The Balaban J connectivity index is 4.16. The Labute approximate surface area is 387 Å². The summed E-state index contributed by atoms with van der Waals surface area (Å²) in [6.07, 6.45) is 51.6. The summed E-state index contributed by atoms with van der Waals surface area (Å²) in [5.74, 6) is -0.963. The number of carbonyl (C=O) groups is 2. The summed E-state index contributed by atoms with van der Waals surface area (Å²) in [5, 5.41) is 18.4. The Bertz CT molecular complexity index is 1100. The maximum absolute atomic E-state index is 12.7. The van der Waals surface area contributed by atoms with E-state index in [0.717, 1.165) is 38.5 Å². The molecular weight excluding hydrogens is 816 g/mol. The maximum atomic E-state index is 12.7. The molecule has 372 valence electrons. The van der Waals surface area contributed by atoms with Crippen LogP contribution in [0, 0.1) is 0 Å².